The van der Waals surface area contributed by atoms with Gasteiger partial charge in [0.2, 0.25) is 0 Å². The maximum Gasteiger partial charge on any atom is 0.0659 e. The molecule has 0 unspecified atom stereocenters. The van der Waals surface area contributed by atoms with Crippen LogP contribution < -0.4 is 5.32 Å². The minimum absolute atomic E-state index is 0.813. The van der Waals surface area contributed by atoms with Crippen LogP contribution in [0, 0.1) is 0 Å². The van der Waals surface area contributed by atoms with Crippen LogP contribution in [0.25, 0.3) is 0 Å². The summed E-state index contributed by atoms with van der Waals surface area (Å²) >= 11 is 3.39. The van der Waals surface area contributed by atoms with Crippen LogP contribution in [0.1, 0.15) is 18.1 Å². The lowest BCUT2D eigenvalue weighted by atomic mass is 10.1. The molecule has 1 heterocycles. The largest absolute Gasteiger partial charge is 0.313 e. The van der Waals surface area contributed by atoms with E-state index in [0.717, 1.165) is 24.1 Å². The second kappa shape index (κ2) is 5.98. The van der Waals surface area contributed by atoms with E-state index in [9.17, 15) is 0 Å². The number of hydrogen-bond acceptors (Lipinski definition) is 2. The van der Waals surface area contributed by atoms with Crippen molar-refractivity contribution in [3.63, 3.8) is 0 Å². The van der Waals surface area contributed by atoms with Crippen molar-refractivity contribution >= 4 is 15.9 Å². The first kappa shape index (κ1) is 12.3. The molecule has 1 aromatic carbocycles. The van der Waals surface area contributed by atoms with Gasteiger partial charge in [0.05, 0.1) is 17.2 Å². The number of benzene rings is 1. The molecule has 1 N–H and O–H groups in total. The molecule has 0 saturated heterocycles. The third-order valence-electron chi connectivity index (χ3n) is 2.55. The highest BCUT2D eigenvalue weighted by Gasteiger charge is 1.98. The first-order chi connectivity index (χ1) is 8.28. The van der Waals surface area contributed by atoms with E-state index in [1.807, 2.05) is 10.9 Å². The van der Waals surface area contributed by atoms with E-state index in [0.29, 0.717) is 0 Å². The van der Waals surface area contributed by atoms with Gasteiger partial charge >= 0.3 is 0 Å². The average molecular weight is 294 g/mol. The van der Waals surface area contributed by atoms with Crippen LogP contribution in [0.3, 0.4) is 0 Å². The summed E-state index contributed by atoms with van der Waals surface area (Å²) in [6.45, 7) is 4.87. The van der Waals surface area contributed by atoms with E-state index in [1.54, 1.807) is 6.20 Å². The lowest BCUT2D eigenvalue weighted by molar-refractivity contribution is 0.685. The van der Waals surface area contributed by atoms with Gasteiger partial charge in [0.25, 0.3) is 0 Å². The molecular formula is C13H16BrN3. The smallest absolute Gasteiger partial charge is 0.0659 e. The normalized spacial score (nSPS) is 10.7. The van der Waals surface area contributed by atoms with Gasteiger partial charge in [-0.25, -0.2) is 0 Å². The molecule has 90 valence electrons. The maximum atomic E-state index is 4.24. The summed E-state index contributed by atoms with van der Waals surface area (Å²) in [4.78, 5) is 0. The Bertz CT molecular complexity index is 462. The molecule has 3 nitrogen and oxygen atoms in total. The van der Waals surface area contributed by atoms with Gasteiger partial charge in [0, 0.05) is 12.7 Å². The zero-order valence-corrected chi connectivity index (χ0v) is 11.4. The van der Waals surface area contributed by atoms with Crippen LogP contribution in [0.15, 0.2) is 41.1 Å². The summed E-state index contributed by atoms with van der Waals surface area (Å²) < 4.78 is 2.94. The summed E-state index contributed by atoms with van der Waals surface area (Å²) in [5.41, 5.74) is 2.58. The van der Waals surface area contributed by atoms with Crippen LogP contribution in [0.4, 0.5) is 0 Å². The van der Waals surface area contributed by atoms with Crippen molar-refractivity contribution in [1.82, 2.24) is 15.1 Å². The molecule has 4 heteroatoms. The van der Waals surface area contributed by atoms with Crippen LogP contribution in [0.2, 0.25) is 0 Å². The lowest BCUT2D eigenvalue weighted by Gasteiger charge is -2.05. The fraction of sp³-hybridized carbons (Fsp3) is 0.308. The number of aromatic nitrogens is 2. The molecule has 0 radical (unpaired) electrons. The fourth-order valence-electron chi connectivity index (χ4n) is 1.64. The maximum absolute atomic E-state index is 4.24. The Morgan fingerprint density at radius 3 is 2.53 bits per heavy atom. The third-order valence-corrected chi connectivity index (χ3v) is 2.96. The van der Waals surface area contributed by atoms with Crippen molar-refractivity contribution in [2.24, 2.45) is 0 Å². The average Bonchev–Trinajstić information content (AvgIpc) is 2.74. The molecule has 0 fully saturated rings. The van der Waals surface area contributed by atoms with E-state index < -0.39 is 0 Å². The van der Waals surface area contributed by atoms with Gasteiger partial charge < -0.3 is 5.32 Å². The van der Waals surface area contributed by atoms with Crippen molar-refractivity contribution in [2.45, 2.75) is 20.0 Å². The SMILES string of the molecule is CCNCc1ccc(Cn2cc(Br)cn2)cc1. The van der Waals surface area contributed by atoms with Gasteiger partial charge in [0.1, 0.15) is 0 Å². The van der Waals surface area contributed by atoms with E-state index in [-0.39, 0.29) is 0 Å². The van der Waals surface area contributed by atoms with E-state index in [2.05, 4.69) is 57.5 Å². The minimum atomic E-state index is 0.813. The van der Waals surface area contributed by atoms with E-state index in [4.69, 9.17) is 0 Å². The van der Waals surface area contributed by atoms with Gasteiger partial charge in [-0.2, -0.15) is 5.10 Å². The molecular weight excluding hydrogens is 278 g/mol. The van der Waals surface area contributed by atoms with Gasteiger partial charge in [-0.1, -0.05) is 31.2 Å². The fourth-order valence-corrected chi connectivity index (χ4v) is 1.97. The Labute approximate surface area is 110 Å². The van der Waals surface area contributed by atoms with Crippen LogP contribution in [-0.4, -0.2) is 16.3 Å². The van der Waals surface area contributed by atoms with Crippen molar-refractivity contribution < 1.29 is 0 Å². The summed E-state index contributed by atoms with van der Waals surface area (Å²) in [6.07, 6.45) is 3.78. The number of halogens is 1. The standard InChI is InChI=1S/C13H16BrN3/c1-2-15-7-11-3-5-12(6-4-11)9-17-10-13(14)8-16-17/h3-6,8,10,15H,2,7,9H2,1H3. The van der Waals surface area contributed by atoms with Crippen LogP contribution in [-0.2, 0) is 13.1 Å². The topological polar surface area (TPSA) is 29.9 Å². The number of hydrogen-bond donors (Lipinski definition) is 1. The highest BCUT2D eigenvalue weighted by atomic mass is 79.9. The second-order valence-corrected chi connectivity index (χ2v) is 4.87. The first-order valence-corrected chi connectivity index (χ1v) is 6.53. The Kier molecular flexibility index (Phi) is 4.34. The first-order valence-electron chi connectivity index (χ1n) is 5.74. The molecule has 2 aromatic rings. The highest BCUT2D eigenvalue weighted by Crippen LogP contribution is 2.10. The highest BCUT2D eigenvalue weighted by molar-refractivity contribution is 9.10. The molecule has 0 aliphatic heterocycles. The zero-order chi connectivity index (χ0) is 12.1. The van der Waals surface area contributed by atoms with E-state index in [1.165, 1.54) is 11.1 Å². The molecule has 1 aromatic heterocycles. The number of nitrogens with one attached hydrogen (secondary N) is 1. The molecule has 0 amide bonds. The predicted molar refractivity (Wildman–Crippen MR) is 72.9 cm³/mol. The number of rotatable bonds is 5. The molecule has 0 aliphatic rings. The molecule has 17 heavy (non-hydrogen) atoms. The molecule has 0 bridgehead atoms. The number of nitrogens with zero attached hydrogens (tertiary/aromatic N) is 2. The Balaban J connectivity index is 1.98. The molecule has 0 saturated carbocycles. The van der Waals surface area contributed by atoms with Crippen molar-refractivity contribution in [1.29, 1.82) is 0 Å². The minimum Gasteiger partial charge on any atom is -0.313 e. The van der Waals surface area contributed by atoms with Crippen molar-refractivity contribution in [3.05, 3.63) is 52.3 Å². The summed E-state index contributed by atoms with van der Waals surface area (Å²) in [7, 11) is 0. The Hall–Kier alpha value is -1.13. The molecule has 0 atom stereocenters. The van der Waals surface area contributed by atoms with Gasteiger partial charge in [-0.15, -0.1) is 0 Å². The van der Waals surface area contributed by atoms with Crippen molar-refractivity contribution in [2.75, 3.05) is 6.54 Å². The Morgan fingerprint density at radius 1 is 1.24 bits per heavy atom. The van der Waals surface area contributed by atoms with Crippen molar-refractivity contribution in [3.8, 4) is 0 Å². The van der Waals surface area contributed by atoms with Gasteiger partial charge in [0.15, 0.2) is 0 Å². The molecule has 0 spiro atoms. The zero-order valence-electron chi connectivity index (χ0n) is 9.86. The summed E-state index contributed by atoms with van der Waals surface area (Å²) in [5, 5.41) is 7.55. The Morgan fingerprint density at radius 2 is 1.94 bits per heavy atom. The lowest BCUT2D eigenvalue weighted by Crippen LogP contribution is -2.11. The van der Waals surface area contributed by atoms with Gasteiger partial charge in [-0.05, 0) is 33.6 Å². The molecule has 0 aliphatic carbocycles. The summed E-state index contributed by atoms with van der Waals surface area (Å²) in [5.74, 6) is 0. The van der Waals surface area contributed by atoms with Crippen LogP contribution in [0.5, 0.6) is 0 Å². The van der Waals surface area contributed by atoms with E-state index >= 15 is 0 Å². The molecule has 2 rings (SSSR count). The monoisotopic (exact) mass is 293 g/mol. The summed E-state index contributed by atoms with van der Waals surface area (Å²) in [6, 6.07) is 8.64. The predicted octanol–water partition coefficient (Wildman–Crippen LogP) is 2.80. The third kappa shape index (κ3) is 3.68. The van der Waals surface area contributed by atoms with Crippen LogP contribution >= 0.6 is 15.9 Å². The second-order valence-electron chi connectivity index (χ2n) is 3.95. The quantitative estimate of drug-likeness (QED) is 0.919. The van der Waals surface area contributed by atoms with Gasteiger partial charge in [-0.3, -0.25) is 4.68 Å².